The molecule has 0 fully saturated rings. The minimum atomic E-state index is -0.808. The number of thiazole rings is 1. The molecule has 2 amide bonds. The number of aromatic nitrogens is 1. The third kappa shape index (κ3) is 6.88. The number of carbonyl (C=O) groups is 3. The zero-order valence-corrected chi connectivity index (χ0v) is 24.5. The number of aryl methyl sites for hydroxylation is 1. The molecule has 0 saturated heterocycles. The van der Waals surface area contributed by atoms with Gasteiger partial charge in [0.15, 0.2) is 0 Å². The number of amides is 2. The summed E-state index contributed by atoms with van der Waals surface area (Å²) in [4.78, 5) is 50.0. The van der Waals surface area contributed by atoms with Crippen LogP contribution in [-0.2, 0) is 27.5 Å². The van der Waals surface area contributed by atoms with E-state index in [-0.39, 0.29) is 18.0 Å². The number of nitrogens with one attached hydrogen (secondary N) is 2. The molecule has 0 aliphatic heterocycles. The van der Waals surface area contributed by atoms with Gasteiger partial charge in [-0.25, -0.2) is 4.79 Å². The van der Waals surface area contributed by atoms with Crippen LogP contribution in [0.4, 0.5) is 5.69 Å². The van der Waals surface area contributed by atoms with Crippen molar-refractivity contribution in [1.82, 2.24) is 9.88 Å². The Balaban J connectivity index is 1.29. The summed E-state index contributed by atoms with van der Waals surface area (Å²) in [7, 11) is 0. The fourth-order valence-corrected chi connectivity index (χ4v) is 5.31. The summed E-state index contributed by atoms with van der Waals surface area (Å²) >= 11 is 12.9. The molecule has 0 aliphatic carbocycles. The van der Waals surface area contributed by atoms with Crippen molar-refractivity contribution in [2.75, 3.05) is 5.32 Å². The number of carbonyl (C=O) groups excluding carboxylic acids is 3. The molecular weight excluding hydrogens is 597 g/mol. The van der Waals surface area contributed by atoms with Crippen molar-refractivity contribution in [2.45, 2.75) is 20.0 Å². The lowest BCUT2D eigenvalue weighted by Crippen LogP contribution is -2.34. The summed E-state index contributed by atoms with van der Waals surface area (Å²) in [5.74, 6) is -1.84. The van der Waals surface area contributed by atoms with Crippen LogP contribution in [0.25, 0.3) is 21.3 Å². The number of halogens is 2. The number of esters is 1. The fraction of sp³-hybridized carbons (Fsp3) is 0.0968. The molecule has 42 heavy (non-hydrogen) atoms. The second kappa shape index (κ2) is 12.6. The third-order valence-corrected chi connectivity index (χ3v) is 7.98. The SMILES string of the molecule is Cc1cc(OC(=O)Cn2c(=O)sc3ccc(-c4cccc(NC(=O)C(=O)NCc5ccc(Cl)cc5)c4)cc32)ccc1Cl. The van der Waals surface area contributed by atoms with Crippen LogP contribution >= 0.6 is 34.5 Å². The zero-order chi connectivity index (χ0) is 29.8. The second-order valence-electron chi connectivity index (χ2n) is 9.37. The molecule has 212 valence electrons. The number of hydrogen-bond acceptors (Lipinski definition) is 6. The van der Waals surface area contributed by atoms with Crippen LogP contribution in [0.1, 0.15) is 11.1 Å². The second-order valence-corrected chi connectivity index (χ2v) is 11.2. The molecule has 11 heteroatoms. The van der Waals surface area contributed by atoms with E-state index >= 15 is 0 Å². The first-order valence-electron chi connectivity index (χ1n) is 12.7. The first-order valence-corrected chi connectivity index (χ1v) is 14.3. The highest BCUT2D eigenvalue weighted by Gasteiger charge is 2.16. The van der Waals surface area contributed by atoms with E-state index in [0.29, 0.717) is 31.7 Å². The number of ether oxygens (including phenoxy) is 1. The lowest BCUT2D eigenvalue weighted by molar-refractivity contribution is -0.136. The summed E-state index contributed by atoms with van der Waals surface area (Å²) in [5, 5.41) is 6.33. The molecule has 0 atom stereocenters. The van der Waals surface area contributed by atoms with Crippen molar-refractivity contribution < 1.29 is 19.1 Å². The van der Waals surface area contributed by atoms with Crippen molar-refractivity contribution in [3.8, 4) is 16.9 Å². The predicted molar refractivity (Wildman–Crippen MR) is 165 cm³/mol. The van der Waals surface area contributed by atoms with Crippen LogP contribution in [0.3, 0.4) is 0 Å². The van der Waals surface area contributed by atoms with Crippen molar-refractivity contribution in [1.29, 1.82) is 0 Å². The molecule has 5 rings (SSSR count). The Hall–Kier alpha value is -4.44. The number of hydrogen-bond donors (Lipinski definition) is 2. The van der Waals surface area contributed by atoms with Gasteiger partial charge in [0.2, 0.25) is 0 Å². The van der Waals surface area contributed by atoms with E-state index in [0.717, 1.165) is 33.6 Å². The molecule has 1 aromatic heterocycles. The average molecular weight is 621 g/mol. The standard InChI is InChI=1S/C31H23Cl2N3O5S/c1-18-13-24(10-11-25(18)33)41-28(37)17-36-26-15-21(7-12-27(26)42-31(36)40)20-3-2-4-23(14-20)35-30(39)29(38)34-16-19-5-8-22(32)9-6-19/h2-15H,16-17H2,1H3,(H,34,38)(H,35,39). The van der Waals surface area contributed by atoms with Gasteiger partial charge in [-0.2, -0.15) is 0 Å². The van der Waals surface area contributed by atoms with Crippen LogP contribution in [0, 0.1) is 6.92 Å². The highest BCUT2D eigenvalue weighted by molar-refractivity contribution is 7.16. The monoisotopic (exact) mass is 619 g/mol. The van der Waals surface area contributed by atoms with Gasteiger partial charge in [0, 0.05) is 22.3 Å². The molecule has 0 saturated carbocycles. The summed E-state index contributed by atoms with van der Waals surface area (Å²) in [5.41, 5.74) is 4.05. The Morgan fingerprint density at radius 1 is 0.881 bits per heavy atom. The summed E-state index contributed by atoms with van der Waals surface area (Å²) in [6.07, 6.45) is 0. The third-order valence-electron chi connectivity index (χ3n) is 6.34. The topological polar surface area (TPSA) is 106 Å². The Labute approximate surface area is 254 Å². The van der Waals surface area contributed by atoms with Crippen LogP contribution in [0.2, 0.25) is 10.0 Å². The minimum absolute atomic E-state index is 0.179. The van der Waals surface area contributed by atoms with Crippen LogP contribution in [-0.4, -0.2) is 22.4 Å². The van der Waals surface area contributed by atoms with Crippen LogP contribution in [0.5, 0.6) is 5.75 Å². The molecule has 5 aromatic rings. The largest absolute Gasteiger partial charge is 0.425 e. The van der Waals surface area contributed by atoms with Gasteiger partial charge in [-0.3, -0.25) is 19.0 Å². The van der Waals surface area contributed by atoms with Crippen LogP contribution in [0.15, 0.2) is 89.7 Å². The highest BCUT2D eigenvalue weighted by Crippen LogP contribution is 2.28. The van der Waals surface area contributed by atoms with Crippen LogP contribution < -0.4 is 20.2 Å². The molecule has 0 bridgehead atoms. The number of fused-ring (bicyclic) bond motifs is 1. The average Bonchev–Trinajstić information content (AvgIpc) is 3.28. The van der Waals surface area contributed by atoms with Crippen molar-refractivity contribution in [3.05, 3.63) is 116 Å². The maximum atomic E-state index is 12.7. The Morgan fingerprint density at radius 3 is 2.40 bits per heavy atom. The van der Waals surface area contributed by atoms with E-state index in [2.05, 4.69) is 10.6 Å². The Kier molecular flexibility index (Phi) is 8.72. The molecule has 0 unspecified atom stereocenters. The van der Waals surface area contributed by atoms with E-state index in [9.17, 15) is 19.2 Å². The molecule has 1 heterocycles. The molecular formula is C31H23Cl2N3O5S. The predicted octanol–water partition coefficient (Wildman–Crippen LogP) is 6.21. The van der Waals surface area contributed by atoms with Crippen molar-refractivity contribution in [3.63, 3.8) is 0 Å². The van der Waals surface area contributed by atoms with Gasteiger partial charge in [0.05, 0.1) is 10.2 Å². The van der Waals surface area contributed by atoms with Gasteiger partial charge < -0.3 is 15.4 Å². The molecule has 0 spiro atoms. The van der Waals surface area contributed by atoms with Gasteiger partial charge >= 0.3 is 22.7 Å². The van der Waals surface area contributed by atoms with E-state index in [4.69, 9.17) is 27.9 Å². The van der Waals surface area contributed by atoms with E-state index in [1.807, 2.05) is 12.1 Å². The van der Waals surface area contributed by atoms with E-state index in [1.54, 1.807) is 79.7 Å². The number of benzene rings is 4. The lowest BCUT2D eigenvalue weighted by atomic mass is 10.0. The van der Waals surface area contributed by atoms with Crippen molar-refractivity contribution >= 4 is 68.2 Å². The summed E-state index contributed by atoms with van der Waals surface area (Å²) in [6, 6.07) is 24.2. The number of anilines is 1. The maximum absolute atomic E-state index is 12.7. The Morgan fingerprint density at radius 2 is 1.64 bits per heavy atom. The normalized spacial score (nSPS) is 10.8. The molecule has 0 aliphatic rings. The van der Waals surface area contributed by atoms with Gasteiger partial charge in [0.25, 0.3) is 0 Å². The fourth-order valence-electron chi connectivity index (χ4n) is 4.19. The molecule has 4 aromatic carbocycles. The molecule has 8 nitrogen and oxygen atoms in total. The molecule has 2 N–H and O–H groups in total. The zero-order valence-electron chi connectivity index (χ0n) is 22.1. The van der Waals surface area contributed by atoms with Gasteiger partial charge in [0.1, 0.15) is 12.3 Å². The maximum Gasteiger partial charge on any atom is 0.331 e. The first kappa shape index (κ1) is 29.1. The van der Waals surface area contributed by atoms with E-state index in [1.165, 1.54) is 4.57 Å². The van der Waals surface area contributed by atoms with Gasteiger partial charge in [-0.05, 0) is 83.8 Å². The number of nitrogens with zero attached hydrogens (tertiary/aromatic N) is 1. The lowest BCUT2D eigenvalue weighted by Gasteiger charge is -2.10. The summed E-state index contributed by atoms with van der Waals surface area (Å²) in [6.45, 7) is 1.71. The van der Waals surface area contributed by atoms with Crippen molar-refractivity contribution in [2.24, 2.45) is 0 Å². The van der Waals surface area contributed by atoms with Gasteiger partial charge in [-0.15, -0.1) is 0 Å². The Bertz CT molecular complexity index is 1880. The smallest absolute Gasteiger partial charge is 0.331 e. The van der Waals surface area contributed by atoms with Gasteiger partial charge in [-0.1, -0.05) is 64.9 Å². The quantitative estimate of drug-likeness (QED) is 0.128. The highest BCUT2D eigenvalue weighted by atomic mass is 35.5. The first-order chi connectivity index (χ1) is 20.2. The van der Waals surface area contributed by atoms with E-state index < -0.39 is 17.8 Å². The minimum Gasteiger partial charge on any atom is -0.425 e. The number of rotatable bonds is 7. The molecule has 0 radical (unpaired) electrons. The summed E-state index contributed by atoms with van der Waals surface area (Å²) < 4.78 is 7.51.